The van der Waals surface area contributed by atoms with Crippen LogP contribution < -0.4 is 5.32 Å². The molecule has 4 nitrogen and oxygen atoms in total. The molecule has 0 aromatic rings. The number of hydrogen-bond donors (Lipinski definition) is 2. The van der Waals surface area contributed by atoms with Gasteiger partial charge in [-0.05, 0) is 12.8 Å². The summed E-state index contributed by atoms with van der Waals surface area (Å²) >= 11 is 0. The average Bonchev–Trinajstić information content (AvgIpc) is 2.34. The predicted octanol–water partition coefficient (Wildman–Crippen LogP) is 2.22. The number of halogens is 3. The molecule has 0 aromatic heterocycles. The molecule has 106 valence electrons. The topological polar surface area (TPSA) is 58.6 Å². The quantitative estimate of drug-likeness (QED) is 0.822. The van der Waals surface area contributed by atoms with E-state index in [2.05, 4.69) is 10.1 Å². The largest absolute Gasteiger partial charge is 0.440 e. The maximum atomic E-state index is 11.8. The van der Waals surface area contributed by atoms with Crippen LogP contribution >= 0.6 is 0 Å². The molecule has 1 aliphatic rings. The van der Waals surface area contributed by atoms with E-state index in [-0.39, 0.29) is 13.2 Å². The van der Waals surface area contributed by atoms with Crippen molar-refractivity contribution in [1.29, 1.82) is 0 Å². The van der Waals surface area contributed by atoms with Gasteiger partial charge in [-0.2, -0.15) is 13.2 Å². The van der Waals surface area contributed by atoms with E-state index >= 15 is 0 Å². The van der Waals surface area contributed by atoms with E-state index in [1.54, 1.807) is 0 Å². The maximum absolute atomic E-state index is 11.8. The van der Waals surface area contributed by atoms with Crippen molar-refractivity contribution >= 4 is 6.09 Å². The van der Waals surface area contributed by atoms with Gasteiger partial charge in [-0.1, -0.05) is 19.3 Å². The van der Waals surface area contributed by atoms with Gasteiger partial charge in [0, 0.05) is 12.0 Å². The number of nitrogens with one attached hydrogen (secondary N) is 1. The summed E-state index contributed by atoms with van der Waals surface area (Å²) in [5.41, 5.74) is -0.407. The summed E-state index contributed by atoms with van der Waals surface area (Å²) in [7, 11) is 0. The number of hydrogen-bond acceptors (Lipinski definition) is 3. The lowest BCUT2D eigenvalue weighted by atomic mass is 9.74. The van der Waals surface area contributed by atoms with Crippen LogP contribution in [0.25, 0.3) is 0 Å². The van der Waals surface area contributed by atoms with Crippen LogP contribution in [0, 0.1) is 5.41 Å². The van der Waals surface area contributed by atoms with Crippen molar-refractivity contribution in [2.75, 3.05) is 19.8 Å². The minimum Gasteiger partial charge on any atom is -0.440 e. The fourth-order valence-electron chi connectivity index (χ4n) is 2.15. The highest BCUT2D eigenvalue weighted by molar-refractivity contribution is 5.67. The fraction of sp³-hybridized carbons (Fsp3) is 0.909. The lowest BCUT2D eigenvalue weighted by Gasteiger charge is -2.35. The number of carbonyl (C=O) groups excluding carboxylic acids is 1. The van der Waals surface area contributed by atoms with E-state index in [9.17, 15) is 23.1 Å². The molecule has 0 radical (unpaired) electrons. The Hall–Kier alpha value is -0.980. The van der Waals surface area contributed by atoms with Crippen molar-refractivity contribution < 1.29 is 27.8 Å². The summed E-state index contributed by atoms with van der Waals surface area (Å²) in [5.74, 6) is 0. The van der Waals surface area contributed by atoms with Crippen molar-refractivity contribution in [2.24, 2.45) is 5.41 Å². The molecule has 1 amide bonds. The van der Waals surface area contributed by atoms with Gasteiger partial charge in [-0.3, -0.25) is 0 Å². The minimum absolute atomic E-state index is 0.0768. The number of aliphatic hydroxyl groups excluding tert-OH is 1. The molecule has 0 heterocycles. The van der Waals surface area contributed by atoms with Crippen LogP contribution in [0.2, 0.25) is 0 Å². The second-order valence-corrected chi connectivity index (χ2v) is 4.76. The molecule has 0 atom stereocenters. The Bertz CT molecular complexity index is 275. The van der Waals surface area contributed by atoms with E-state index < -0.39 is 24.3 Å². The summed E-state index contributed by atoms with van der Waals surface area (Å²) < 4.78 is 39.5. The first-order valence-corrected chi connectivity index (χ1v) is 5.95. The number of ether oxygens (including phenoxy) is 1. The molecule has 1 rings (SSSR count). The molecule has 18 heavy (non-hydrogen) atoms. The van der Waals surface area contributed by atoms with Crippen molar-refractivity contribution in [3.05, 3.63) is 0 Å². The number of amides is 1. The summed E-state index contributed by atoms with van der Waals surface area (Å²) in [6.45, 7) is -1.52. The molecule has 0 spiro atoms. The Morgan fingerprint density at radius 2 is 1.89 bits per heavy atom. The zero-order chi connectivity index (χ0) is 13.6. The SMILES string of the molecule is O=C(NCC1(CO)CCCCC1)OCC(F)(F)F. The number of rotatable bonds is 4. The second-order valence-electron chi connectivity index (χ2n) is 4.76. The van der Waals surface area contributed by atoms with E-state index in [1.165, 1.54) is 0 Å². The second kappa shape index (κ2) is 6.26. The Kier molecular flexibility index (Phi) is 5.25. The summed E-state index contributed by atoms with van der Waals surface area (Å²) in [6, 6.07) is 0. The summed E-state index contributed by atoms with van der Waals surface area (Å²) in [6.07, 6.45) is -1.08. The molecular weight excluding hydrogens is 251 g/mol. The van der Waals surface area contributed by atoms with Gasteiger partial charge in [0.15, 0.2) is 6.61 Å². The first-order valence-electron chi connectivity index (χ1n) is 5.95. The number of aliphatic hydroxyl groups is 1. The third kappa shape index (κ3) is 5.12. The summed E-state index contributed by atoms with van der Waals surface area (Å²) in [5, 5.41) is 11.6. The van der Waals surface area contributed by atoms with Crippen LogP contribution in [-0.2, 0) is 4.74 Å². The van der Waals surface area contributed by atoms with Crippen molar-refractivity contribution in [2.45, 2.75) is 38.3 Å². The fourth-order valence-corrected chi connectivity index (χ4v) is 2.15. The number of alkyl carbamates (subject to hydrolysis) is 1. The monoisotopic (exact) mass is 269 g/mol. The number of alkyl halides is 3. The van der Waals surface area contributed by atoms with Crippen LogP contribution in [-0.4, -0.2) is 37.1 Å². The van der Waals surface area contributed by atoms with Gasteiger partial charge < -0.3 is 15.2 Å². The highest BCUT2D eigenvalue weighted by Gasteiger charge is 2.33. The van der Waals surface area contributed by atoms with E-state index in [0.29, 0.717) is 0 Å². The maximum Gasteiger partial charge on any atom is 0.422 e. The van der Waals surface area contributed by atoms with Gasteiger partial charge in [0.05, 0.1) is 6.61 Å². The predicted molar refractivity (Wildman–Crippen MR) is 58.0 cm³/mol. The van der Waals surface area contributed by atoms with Gasteiger partial charge in [-0.15, -0.1) is 0 Å². The zero-order valence-corrected chi connectivity index (χ0v) is 10.1. The first-order chi connectivity index (χ1) is 8.37. The molecule has 0 aliphatic heterocycles. The lowest BCUT2D eigenvalue weighted by molar-refractivity contribution is -0.160. The van der Waals surface area contributed by atoms with Crippen LogP contribution in [0.4, 0.5) is 18.0 Å². The summed E-state index contributed by atoms with van der Waals surface area (Å²) in [4.78, 5) is 11.1. The van der Waals surface area contributed by atoms with E-state index in [1.807, 2.05) is 0 Å². The molecule has 0 unspecified atom stereocenters. The Labute approximate surface area is 103 Å². The Morgan fingerprint density at radius 1 is 1.28 bits per heavy atom. The molecule has 1 aliphatic carbocycles. The van der Waals surface area contributed by atoms with Gasteiger partial charge in [0.25, 0.3) is 0 Å². The third-order valence-corrected chi connectivity index (χ3v) is 3.22. The molecule has 7 heteroatoms. The molecule has 1 saturated carbocycles. The van der Waals surface area contributed by atoms with Crippen molar-refractivity contribution in [3.63, 3.8) is 0 Å². The van der Waals surface area contributed by atoms with Crippen LogP contribution in [0.1, 0.15) is 32.1 Å². The van der Waals surface area contributed by atoms with Crippen LogP contribution in [0.3, 0.4) is 0 Å². The van der Waals surface area contributed by atoms with E-state index in [4.69, 9.17) is 0 Å². The lowest BCUT2D eigenvalue weighted by Crippen LogP contribution is -2.42. The Balaban J connectivity index is 2.32. The highest BCUT2D eigenvalue weighted by atomic mass is 19.4. The number of carbonyl (C=O) groups is 1. The van der Waals surface area contributed by atoms with Gasteiger partial charge in [0.1, 0.15) is 0 Å². The molecule has 0 saturated heterocycles. The van der Waals surface area contributed by atoms with Crippen LogP contribution in [0.15, 0.2) is 0 Å². The first kappa shape index (κ1) is 15.1. The van der Waals surface area contributed by atoms with E-state index in [0.717, 1.165) is 32.1 Å². The smallest absolute Gasteiger partial charge is 0.422 e. The van der Waals surface area contributed by atoms with Crippen LogP contribution in [0.5, 0.6) is 0 Å². The molecule has 0 bridgehead atoms. The normalized spacial score (nSPS) is 19.3. The van der Waals surface area contributed by atoms with Crippen molar-refractivity contribution in [3.8, 4) is 0 Å². The van der Waals surface area contributed by atoms with Gasteiger partial charge in [0.2, 0.25) is 0 Å². The standard InChI is InChI=1S/C11H18F3NO3/c12-11(13,14)8-18-9(17)15-6-10(7-16)4-2-1-3-5-10/h16H,1-8H2,(H,15,17). The highest BCUT2D eigenvalue weighted by Crippen LogP contribution is 2.35. The average molecular weight is 269 g/mol. The van der Waals surface area contributed by atoms with Crippen molar-refractivity contribution in [1.82, 2.24) is 5.32 Å². The zero-order valence-electron chi connectivity index (χ0n) is 10.1. The third-order valence-electron chi connectivity index (χ3n) is 3.22. The van der Waals surface area contributed by atoms with Gasteiger partial charge in [-0.25, -0.2) is 4.79 Å². The Morgan fingerprint density at radius 3 is 2.39 bits per heavy atom. The van der Waals surface area contributed by atoms with Gasteiger partial charge >= 0.3 is 12.3 Å². The molecular formula is C11H18F3NO3. The molecule has 2 N–H and O–H groups in total. The minimum atomic E-state index is -4.52. The molecule has 1 fully saturated rings. The molecule has 0 aromatic carbocycles.